The monoisotopic (exact) mass is 207 g/mol. The number of rotatable bonds is 2. The summed E-state index contributed by atoms with van der Waals surface area (Å²) in [6.07, 6.45) is 4.33. The third kappa shape index (κ3) is 2.39. The Morgan fingerprint density at radius 1 is 1.53 bits per heavy atom. The zero-order chi connectivity index (χ0) is 10.7. The number of methoxy groups -OCH3 is 1. The number of nitrogens with two attached hydrogens (primary N) is 1. The number of pyridine rings is 1. The molecule has 0 radical (unpaired) electrons. The summed E-state index contributed by atoms with van der Waals surface area (Å²) >= 11 is 0. The van der Waals surface area contributed by atoms with Crippen LogP contribution in [-0.4, -0.2) is 31.3 Å². The van der Waals surface area contributed by atoms with E-state index in [9.17, 15) is 0 Å². The lowest BCUT2D eigenvalue weighted by Crippen LogP contribution is -2.39. The van der Waals surface area contributed by atoms with Crippen molar-refractivity contribution in [1.82, 2.24) is 4.98 Å². The van der Waals surface area contributed by atoms with Crippen molar-refractivity contribution in [3.63, 3.8) is 0 Å². The van der Waals surface area contributed by atoms with Gasteiger partial charge in [0.1, 0.15) is 5.82 Å². The van der Waals surface area contributed by atoms with E-state index in [1.807, 2.05) is 12.1 Å². The lowest BCUT2D eigenvalue weighted by molar-refractivity contribution is 0.0891. The summed E-state index contributed by atoms with van der Waals surface area (Å²) in [6.45, 7) is 1.98. The van der Waals surface area contributed by atoms with Gasteiger partial charge in [0.05, 0.1) is 18.0 Å². The number of hydrogen-bond acceptors (Lipinski definition) is 4. The summed E-state index contributed by atoms with van der Waals surface area (Å²) in [5.41, 5.74) is 6.31. The van der Waals surface area contributed by atoms with Crippen molar-refractivity contribution in [1.29, 1.82) is 0 Å². The highest BCUT2D eigenvalue weighted by Gasteiger charge is 2.19. The Balaban J connectivity index is 2.06. The van der Waals surface area contributed by atoms with Gasteiger partial charge in [-0.05, 0) is 25.0 Å². The van der Waals surface area contributed by atoms with Crippen molar-refractivity contribution in [2.75, 3.05) is 30.8 Å². The lowest BCUT2D eigenvalue weighted by atomic mass is 10.1. The van der Waals surface area contributed by atoms with E-state index in [0.717, 1.165) is 31.7 Å². The van der Waals surface area contributed by atoms with Crippen LogP contribution in [0.1, 0.15) is 12.8 Å². The van der Waals surface area contributed by atoms with Crippen LogP contribution in [0.2, 0.25) is 0 Å². The molecule has 2 heterocycles. The average Bonchev–Trinajstić information content (AvgIpc) is 2.30. The van der Waals surface area contributed by atoms with Gasteiger partial charge in [-0.25, -0.2) is 4.98 Å². The number of piperidine rings is 1. The minimum atomic E-state index is 0.332. The molecule has 1 aromatic rings. The predicted molar refractivity (Wildman–Crippen MR) is 60.9 cm³/mol. The van der Waals surface area contributed by atoms with Crippen molar-refractivity contribution >= 4 is 11.5 Å². The fourth-order valence-corrected chi connectivity index (χ4v) is 1.92. The molecule has 0 amide bonds. The molecular weight excluding hydrogens is 190 g/mol. The Morgan fingerprint density at radius 3 is 3.07 bits per heavy atom. The second-order valence-electron chi connectivity index (χ2n) is 3.90. The van der Waals surface area contributed by atoms with Crippen LogP contribution in [0.4, 0.5) is 11.5 Å². The molecule has 0 saturated carbocycles. The van der Waals surface area contributed by atoms with Crippen LogP contribution < -0.4 is 10.6 Å². The summed E-state index contributed by atoms with van der Waals surface area (Å²) in [4.78, 5) is 6.56. The first kappa shape index (κ1) is 10.2. The Hall–Kier alpha value is -1.29. The molecule has 1 aromatic heterocycles. The van der Waals surface area contributed by atoms with E-state index in [2.05, 4.69) is 9.88 Å². The average molecular weight is 207 g/mol. The number of ether oxygens (including phenoxy) is 1. The summed E-state index contributed by atoms with van der Waals surface area (Å²) in [5, 5.41) is 0. The molecule has 2 rings (SSSR count). The normalized spacial score (nSPS) is 21.7. The van der Waals surface area contributed by atoms with Crippen molar-refractivity contribution in [3.8, 4) is 0 Å². The molecule has 15 heavy (non-hydrogen) atoms. The van der Waals surface area contributed by atoms with E-state index in [-0.39, 0.29) is 0 Å². The first-order chi connectivity index (χ1) is 7.29. The van der Waals surface area contributed by atoms with Gasteiger partial charge in [-0.1, -0.05) is 0 Å². The first-order valence-corrected chi connectivity index (χ1v) is 5.29. The van der Waals surface area contributed by atoms with Crippen molar-refractivity contribution in [2.24, 2.45) is 0 Å². The predicted octanol–water partition coefficient (Wildman–Crippen LogP) is 1.28. The topological polar surface area (TPSA) is 51.4 Å². The second-order valence-corrected chi connectivity index (χ2v) is 3.90. The molecule has 4 nitrogen and oxygen atoms in total. The Kier molecular flexibility index (Phi) is 3.06. The number of anilines is 2. The highest BCUT2D eigenvalue weighted by molar-refractivity contribution is 5.46. The molecule has 0 aliphatic carbocycles. The Bertz CT molecular complexity index is 312. The molecule has 0 aromatic carbocycles. The van der Waals surface area contributed by atoms with Crippen molar-refractivity contribution in [3.05, 3.63) is 18.3 Å². The number of aromatic nitrogens is 1. The molecule has 2 N–H and O–H groups in total. The molecular formula is C11H17N3O. The number of nitrogen functional groups attached to an aromatic ring is 1. The van der Waals surface area contributed by atoms with Gasteiger partial charge >= 0.3 is 0 Å². The van der Waals surface area contributed by atoms with Gasteiger partial charge in [0, 0.05) is 20.2 Å². The smallest absolute Gasteiger partial charge is 0.128 e. The van der Waals surface area contributed by atoms with Gasteiger partial charge in [0.2, 0.25) is 0 Å². The van der Waals surface area contributed by atoms with Gasteiger partial charge in [0.15, 0.2) is 0 Å². The summed E-state index contributed by atoms with van der Waals surface area (Å²) in [6, 6.07) is 3.85. The van der Waals surface area contributed by atoms with E-state index in [1.54, 1.807) is 13.3 Å². The maximum absolute atomic E-state index is 5.60. The van der Waals surface area contributed by atoms with Gasteiger partial charge in [0.25, 0.3) is 0 Å². The van der Waals surface area contributed by atoms with Crippen LogP contribution in [0.25, 0.3) is 0 Å². The van der Waals surface area contributed by atoms with Gasteiger partial charge in [-0.15, -0.1) is 0 Å². The van der Waals surface area contributed by atoms with Crippen LogP contribution in [-0.2, 0) is 4.74 Å². The van der Waals surface area contributed by atoms with E-state index in [0.29, 0.717) is 11.8 Å². The van der Waals surface area contributed by atoms with Crippen LogP contribution in [0.15, 0.2) is 18.3 Å². The fourth-order valence-electron chi connectivity index (χ4n) is 1.92. The molecule has 82 valence electrons. The molecule has 1 fully saturated rings. The minimum Gasteiger partial charge on any atom is -0.397 e. The maximum atomic E-state index is 5.60. The van der Waals surface area contributed by atoms with Crippen LogP contribution in [0.3, 0.4) is 0 Å². The largest absolute Gasteiger partial charge is 0.397 e. The zero-order valence-corrected chi connectivity index (χ0v) is 9.02. The van der Waals surface area contributed by atoms with Gasteiger partial charge in [-0.3, -0.25) is 0 Å². The van der Waals surface area contributed by atoms with E-state index >= 15 is 0 Å². The van der Waals surface area contributed by atoms with E-state index in [4.69, 9.17) is 10.5 Å². The van der Waals surface area contributed by atoms with Crippen molar-refractivity contribution in [2.45, 2.75) is 18.9 Å². The van der Waals surface area contributed by atoms with E-state index < -0.39 is 0 Å². The molecule has 1 aliphatic rings. The van der Waals surface area contributed by atoms with Crippen LogP contribution >= 0.6 is 0 Å². The first-order valence-electron chi connectivity index (χ1n) is 5.29. The molecule has 1 aliphatic heterocycles. The van der Waals surface area contributed by atoms with Crippen LogP contribution in [0.5, 0.6) is 0 Å². The van der Waals surface area contributed by atoms with E-state index in [1.165, 1.54) is 0 Å². The third-order valence-corrected chi connectivity index (χ3v) is 2.81. The molecule has 1 atom stereocenters. The fraction of sp³-hybridized carbons (Fsp3) is 0.545. The highest BCUT2D eigenvalue weighted by atomic mass is 16.5. The number of nitrogens with zero attached hydrogens (tertiary/aromatic N) is 2. The summed E-state index contributed by atoms with van der Waals surface area (Å²) < 4.78 is 5.37. The Labute approximate surface area is 90.0 Å². The summed E-state index contributed by atoms with van der Waals surface area (Å²) in [7, 11) is 1.77. The van der Waals surface area contributed by atoms with Crippen LogP contribution in [0, 0.1) is 0 Å². The quantitative estimate of drug-likeness (QED) is 0.793. The standard InChI is InChI=1S/C11H17N3O/c1-15-10-3-2-6-14(8-10)11-5-4-9(12)7-13-11/h4-5,7,10H,2-3,6,8,12H2,1H3/t10-/m1/s1. The molecule has 1 saturated heterocycles. The summed E-state index contributed by atoms with van der Waals surface area (Å²) in [5.74, 6) is 0.992. The van der Waals surface area contributed by atoms with Gasteiger partial charge in [-0.2, -0.15) is 0 Å². The lowest BCUT2D eigenvalue weighted by Gasteiger charge is -2.32. The SMILES string of the molecule is CO[C@@H]1CCCN(c2ccc(N)cn2)C1. The zero-order valence-electron chi connectivity index (χ0n) is 9.02. The third-order valence-electron chi connectivity index (χ3n) is 2.81. The minimum absolute atomic E-state index is 0.332. The molecule has 0 spiro atoms. The maximum Gasteiger partial charge on any atom is 0.128 e. The van der Waals surface area contributed by atoms with Crippen molar-refractivity contribution < 1.29 is 4.74 Å². The highest BCUT2D eigenvalue weighted by Crippen LogP contribution is 2.19. The van der Waals surface area contributed by atoms with Gasteiger partial charge < -0.3 is 15.4 Å². The second kappa shape index (κ2) is 4.49. The molecule has 4 heteroatoms. The number of hydrogen-bond donors (Lipinski definition) is 1. The Morgan fingerprint density at radius 2 is 2.40 bits per heavy atom. The molecule has 0 bridgehead atoms. The molecule has 0 unspecified atom stereocenters.